The van der Waals surface area contributed by atoms with Gasteiger partial charge in [-0.05, 0) is 60.9 Å². The molecule has 3 aromatic rings. The second-order valence-corrected chi connectivity index (χ2v) is 11.4. The number of carbonyl (C=O) groups excluding carboxylic acids is 3. The molecule has 1 fully saturated rings. The van der Waals surface area contributed by atoms with Crippen molar-refractivity contribution < 1.29 is 27.2 Å². The quantitative estimate of drug-likeness (QED) is 0.403. The Morgan fingerprint density at radius 3 is 2.46 bits per heavy atom. The van der Waals surface area contributed by atoms with Gasteiger partial charge >= 0.3 is 6.03 Å². The van der Waals surface area contributed by atoms with Crippen LogP contribution in [-0.4, -0.2) is 49.3 Å². The van der Waals surface area contributed by atoms with Crippen molar-refractivity contribution in [1.29, 1.82) is 0 Å². The first-order chi connectivity index (χ1) is 17.7. The minimum absolute atomic E-state index is 0.0157. The zero-order valence-corrected chi connectivity index (χ0v) is 20.9. The monoisotopic (exact) mass is 544 g/mol. The molecule has 37 heavy (non-hydrogen) atoms. The summed E-state index contributed by atoms with van der Waals surface area (Å²) in [5, 5.41) is 3.69. The lowest BCUT2D eigenvalue weighted by Crippen LogP contribution is -2.43. The third kappa shape index (κ3) is 5.30. The second-order valence-electron chi connectivity index (χ2n) is 8.41. The van der Waals surface area contributed by atoms with E-state index in [9.17, 15) is 27.2 Å². The number of aromatic nitrogens is 1. The van der Waals surface area contributed by atoms with Crippen LogP contribution in [0.25, 0.3) is 0 Å². The van der Waals surface area contributed by atoms with Crippen LogP contribution in [0.3, 0.4) is 0 Å². The predicted octanol–water partition coefficient (Wildman–Crippen LogP) is 2.94. The molecule has 4 amide bonds. The van der Waals surface area contributed by atoms with Gasteiger partial charge in [0.1, 0.15) is 10.0 Å². The van der Waals surface area contributed by atoms with Crippen LogP contribution in [-0.2, 0) is 21.2 Å². The average molecular weight is 545 g/mol. The normalized spacial score (nSPS) is 16.0. The highest BCUT2D eigenvalue weighted by Gasteiger charge is 2.33. The average Bonchev–Trinajstić information content (AvgIpc) is 3.52. The standard InChI is InChI=1S/C23H21FN6O5S2/c24-18-6-8-21(36-18)37(34,35)28-23(33)26-16-4-7-19(25-13-16)30-20(31)12-14-11-15(3-5-17(14)22(30)32)27-29-9-1-2-10-29/h3-8,11,13,27H,1-2,9-10,12H2,(H2,26,28,33). The first-order valence-electron chi connectivity index (χ1n) is 11.3. The van der Waals surface area contributed by atoms with Gasteiger partial charge in [-0.1, -0.05) is 11.3 Å². The summed E-state index contributed by atoms with van der Waals surface area (Å²) in [6.45, 7) is 1.87. The molecule has 192 valence electrons. The van der Waals surface area contributed by atoms with Gasteiger partial charge in [-0.2, -0.15) is 4.39 Å². The zero-order valence-electron chi connectivity index (χ0n) is 19.2. The lowest BCUT2D eigenvalue weighted by atomic mass is 9.97. The molecule has 0 unspecified atom stereocenters. The molecule has 0 spiro atoms. The Hall–Kier alpha value is -3.88. The molecule has 4 heterocycles. The van der Waals surface area contributed by atoms with Gasteiger partial charge in [0.2, 0.25) is 5.91 Å². The lowest BCUT2D eigenvalue weighted by molar-refractivity contribution is -0.117. The Kier molecular flexibility index (Phi) is 6.62. The maximum absolute atomic E-state index is 13.1. The van der Waals surface area contributed by atoms with Crippen molar-refractivity contribution in [2.45, 2.75) is 23.5 Å². The summed E-state index contributed by atoms with van der Waals surface area (Å²) < 4.78 is 38.9. The van der Waals surface area contributed by atoms with E-state index in [1.165, 1.54) is 18.3 Å². The molecule has 0 saturated carbocycles. The van der Waals surface area contributed by atoms with Gasteiger partial charge in [0, 0.05) is 24.3 Å². The minimum atomic E-state index is -4.25. The molecular formula is C23H21FN6O5S2. The van der Waals surface area contributed by atoms with Crippen molar-refractivity contribution in [2.75, 3.05) is 28.7 Å². The van der Waals surface area contributed by atoms with E-state index in [0.717, 1.165) is 48.7 Å². The van der Waals surface area contributed by atoms with Crippen LogP contribution >= 0.6 is 11.3 Å². The van der Waals surface area contributed by atoms with E-state index in [2.05, 4.69) is 20.7 Å². The molecule has 1 saturated heterocycles. The molecule has 14 heteroatoms. The van der Waals surface area contributed by atoms with Crippen LogP contribution in [0, 0.1) is 5.13 Å². The fourth-order valence-corrected chi connectivity index (χ4v) is 6.01. The number of pyridine rings is 1. The van der Waals surface area contributed by atoms with Crippen molar-refractivity contribution in [3.05, 3.63) is 64.9 Å². The van der Waals surface area contributed by atoms with Crippen molar-refractivity contribution in [1.82, 2.24) is 14.7 Å². The number of urea groups is 1. The molecule has 11 nitrogen and oxygen atoms in total. The lowest BCUT2D eigenvalue weighted by Gasteiger charge is -2.27. The van der Waals surface area contributed by atoms with Gasteiger partial charge in [0.25, 0.3) is 15.9 Å². The van der Waals surface area contributed by atoms with E-state index in [1.807, 2.05) is 0 Å². The number of carbonyl (C=O) groups is 3. The Labute approximate surface area is 215 Å². The van der Waals surface area contributed by atoms with Gasteiger partial charge in [-0.15, -0.1) is 0 Å². The number of sulfonamides is 1. The SMILES string of the molecule is O=C(Nc1ccc(N2C(=O)Cc3cc(NN4CCCC4)ccc3C2=O)nc1)NS(=O)(=O)c1ccc(F)s1. The van der Waals surface area contributed by atoms with Gasteiger partial charge in [-0.25, -0.2) is 32.8 Å². The molecular weight excluding hydrogens is 523 g/mol. The summed E-state index contributed by atoms with van der Waals surface area (Å²) >= 11 is 0.379. The topological polar surface area (TPSA) is 141 Å². The number of amides is 4. The number of nitrogens with zero attached hydrogens (tertiary/aromatic N) is 3. The summed E-state index contributed by atoms with van der Waals surface area (Å²) in [5.74, 6) is -0.900. The maximum atomic E-state index is 13.1. The molecule has 0 aliphatic carbocycles. The molecule has 3 N–H and O–H groups in total. The number of hydrogen-bond donors (Lipinski definition) is 3. The van der Waals surface area contributed by atoms with Crippen LogP contribution < -0.4 is 20.4 Å². The van der Waals surface area contributed by atoms with Crippen molar-refractivity contribution in [3.8, 4) is 0 Å². The van der Waals surface area contributed by atoms with Crippen LogP contribution in [0.15, 0.2) is 52.9 Å². The number of halogens is 1. The number of nitrogens with one attached hydrogen (secondary N) is 3. The van der Waals surface area contributed by atoms with Gasteiger partial charge in [-0.3, -0.25) is 9.59 Å². The van der Waals surface area contributed by atoms with E-state index in [-0.39, 0.29) is 22.1 Å². The van der Waals surface area contributed by atoms with Gasteiger partial charge < -0.3 is 10.7 Å². The number of hydrazine groups is 1. The highest BCUT2D eigenvalue weighted by Crippen LogP contribution is 2.28. The number of fused-ring (bicyclic) bond motifs is 1. The van der Waals surface area contributed by atoms with Gasteiger partial charge in [0.05, 0.1) is 18.3 Å². The number of rotatable bonds is 6. The highest BCUT2D eigenvalue weighted by atomic mass is 32.2. The largest absolute Gasteiger partial charge is 0.333 e. The second kappa shape index (κ2) is 9.88. The van der Waals surface area contributed by atoms with Crippen LogP contribution in [0.2, 0.25) is 0 Å². The van der Waals surface area contributed by atoms with Crippen molar-refractivity contribution in [3.63, 3.8) is 0 Å². The summed E-state index contributed by atoms with van der Waals surface area (Å²) in [6, 6.07) is 8.95. The Balaban J connectivity index is 1.26. The number of benzene rings is 1. The Bertz CT molecular complexity index is 1490. The first kappa shape index (κ1) is 24.8. The van der Waals surface area contributed by atoms with Crippen LogP contribution in [0.5, 0.6) is 0 Å². The first-order valence-corrected chi connectivity index (χ1v) is 13.6. The smallest absolute Gasteiger partial charge is 0.319 e. The fourth-order valence-electron chi connectivity index (χ4n) is 4.10. The number of thiophene rings is 1. The summed E-state index contributed by atoms with van der Waals surface area (Å²) in [5.41, 5.74) is 5.24. The highest BCUT2D eigenvalue weighted by molar-refractivity contribution is 7.92. The van der Waals surface area contributed by atoms with Crippen LogP contribution in [0.4, 0.5) is 26.4 Å². The summed E-state index contributed by atoms with van der Waals surface area (Å²) in [4.78, 5) is 43.1. The van der Waals surface area contributed by atoms with E-state index in [4.69, 9.17) is 0 Å². The third-order valence-corrected chi connectivity index (χ3v) is 8.49. The molecule has 2 aliphatic heterocycles. The molecule has 0 atom stereocenters. The molecule has 2 aliphatic rings. The zero-order chi connectivity index (χ0) is 26.2. The number of imide groups is 1. The Morgan fingerprint density at radius 2 is 1.78 bits per heavy atom. The number of anilines is 3. The Morgan fingerprint density at radius 1 is 1.03 bits per heavy atom. The van der Waals surface area contributed by atoms with Crippen molar-refractivity contribution >= 4 is 56.4 Å². The van der Waals surface area contributed by atoms with Crippen LogP contribution in [0.1, 0.15) is 28.8 Å². The minimum Gasteiger partial charge on any atom is -0.319 e. The van der Waals surface area contributed by atoms with E-state index < -0.39 is 33.0 Å². The molecule has 2 aromatic heterocycles. The fraction of sp³-hybridized carbons (Fsp3) is 0.217. The van der Waals surface area contributed by atoms with E-state index in [1.54, 1.807) is 22.9 Å². The maximum Gasteiger partial charge on any atom is 0.333 e. The summed E-state index contributed by atoms with van der Waals surface area (Å²) in [6.07, 6.45) is 3.43. The third-order valence-electron chi connectivity index (χ3n) is 5.80. The molecule has 0 radical (unpaired) electrons. The number of hydrogen-bond acceptors (Lipinski definition) is 9. The van der Waals surface area contributed by atoms with E-state index >= 15 is 0 Å². The molecule has 0 bridgehead atoms. The molecule has 5 rings (SSSR count). The van der Waals surface area contributed by atoms with Crippen molar-refractivity contribution in [2.24, 2.45) is 0 Å². The van der Waals surface area contributed by atoms with E-state index in [0.29, 0.717) is 22.5 Å². The predicted molar refractivity (Wildman–Crippen MR) is 134 cm³/mol. The van der Waals surface area contributed by atoms with Gasteiger partial charge in [0.15, 0.2) is 5.13 Å². The summed E-state index contributed by atoms with van der Waals surface area (Å²) in [7, 11) is -4.25. The molecule has 1 aromatic carbocycles.